The van der Waals surface area contributed by atoms with Gasteiger partial charge in [-0.1, -0.05) is 60.7 Å². The second kappa shape index (κ2) is 8.18. The van der Waals surface area contributed by atoms with Gasteiger partial charge in [0.2, 0.25) is 0 Å². The first-order valence-electron chi connectivity index (χ1n) is 11.4. The zero-order chi connectivity index (χ0) is 24.1. The van der Waals surface area contributed by atoms with Gasteiger partial charge in [-0.15, -0.1) is 0 Å². The van der Waals surface area contributed by atoms with Crippen LogP contribution in [0, 0.1) is 11.2 Å². The molecule has 6 rings (SSSR count). The number of benzene rings is 4. The number of nitrogen functional groups attached to an aromatic ring is 1. The second-order valence-electron chi connectivity index (χ2n) is 8.86. The highest BCUT2D eigenvalue weighted by Crippen LogP contribution is 2.54. The number of fused-ring (bicyclic) bond motifs is 8. The van der Waals surface area contributed by atoms with E-state index in [0.29, 0.717) is 23.2 Å². The molecule has 0 spiro atoms. The molecule has 6 heteroatoms. The fourth-order valence-electron chi connectivity index (χ4n) is 4.94. The normalized spacial score (nSPS) is 17.1. The highest BCUT2D eigenvalue weighted by molar-refractivity contribution is 5.95. The lowest BCUT2D eigenvalue weighted by atomic mass is 9.83. The fraction of sp³-hybridized carbons (Fsp3) is 0.103. The summed E-state index contributed by atoms with van der Waals surface area (Å²) in [6.45, 7) is 0.367. The maximum absolute atomic E-state index is 14.4. The molecule has 0 saturated carbocycles. The smallest absolute Gasteiger partial charge is 0.251 e. The summed E-state index contributed by atoms with van der Waals surface area (Å²) < 4.78 is 20.6. The molecule has 0 radical (unpaired) electrons. The van der Waals surface area contributed by atoms with Crippen molar-refractivity contribution in [1.29, 1.82) is 5.41 Å². The van der Waals surface area contributed by atoms with E-state index in [9.17, 15) is 9.18 Å². The number of nitrogens with two attached hydrogens (primary N) is 1. The zero-order valence-electron chi connectivity index (χ0n) is 18.7. The van der Waals surface area contributed by atoms with Crippen LogP contribution in [0.3, 0.4) is 0 Å². The second-order valence-corrected chi connectivity index (χ2v) is 8.86. The van der Waals surface area contributed by atoms with E-state index in [0.717, 1.165) is 33.4 Å². The van der Waals surface area contributed by atoms with E-state index < -0.39 is 0 Å². The number of carbonyl (C=O) groups is 1. The molecule has 0 aliphatic carbocycles. The first kappa shape index (κ1) is 21.3. The van der Waals surface area contributed by atoms with Crippen LogP contribution in [-0.2, 0) is 11.3 Å². The Morgan fingerprint density at radius 1 is 0.857 bits per heavy atom. The van der Waals surface area contributed by atoms with Crippen molar-refractivity contribution < 1.29 is 13.9 Å². The molecule has 0 aromatic heterocycles. The average Bonchev–Trinajstić information content (AvgIpc) is 3.44. The lowest BCUT2D eigenvalue weighted by Gasteiger charge is -2.18. The highest BCUT2D eigenvalue weighted by Gasteiger charge is 2.43. The number of rotatable bonds is 5. The van der Waals surface area contributed by atoms with Crippen LogP contribution in [0.25, 0.3) is 11.1 Å². The first-order valence-corrected chi connectivity index (χ1v) is 11.4. The van der Waals surface area contributed by atoms with E-state index in [1.807, 2.05) is 54.6 Å². The topological polar surface area (TPSA) is 88.2 Å². The van der Waals surface area contributed by atoms with Gasteiger partial charge in [0.15, 0.2) is 0 Å². The molecule has 0 fully saturated rings. The number of hydrogen-bond donors (Lipinski definition) is 3. The van der Waals surface area contributed by atoms with Gasteiger partial charge in [0.05, 0.1) is 0 Å². The lowest BCUT2D eigenvalue weighted by molar-refractivity contribution is 0.0857. The first-order chi connectivity index (χ1) is 17.0. The Hall–Kier alpha value is -4.29. The number of ether oxygens (including phenoxy) is 1. The molecule has 2 aliphatic heterocycles. The zero-order valence-corrected chi connectivity index (χ0v) is 18.7. The molecular weight excluding hydrogens is 441 g/mol. The molecule has 0 saturated heterocycles. The molecule has 5 nitrogen and oxygen atoms in total. The number of nitrogens with one attached hydrogen (secondary N) is 2. The summed E-state index contributed by atoms with van der Waals surface area (Å²) in [7, 11) is 0. The predicted molar refractivity (Wildman–Crippen MR) is 132 cm³/mol. The minimum atomic E-state index is -0.274. The number of halogens is 1. The molecule has 1 amide bonds. The minimum Gasteiger partial charge on any atom is -0.384 e. The SMILES string of the molecule is N=C(N)c1ccc(CNC(=O)c2ccc3c(c2)C2OC3c3ccc(-c4ccccc4F)cc32)cc1. The summed E-state index contributed by atoms with van der Waals surface area (Å²) in [5.74, 6) is -0.420. The van der Waals surface area contributed by atoms with Gasteiger partial charge in [0, 0.05) is 23.2 Å². The van der Waals surface area contributed by atoms with Crippen LogP contribution in [0.5, 0.6) is 0 Å². The van der Waals surface area contributed by atoms with Gasteiger partial charge >= 0.3 is 0 Å². The Morgan fingerprint density at radius 2 is 1.51 bits per heavy atom. The summed E-state index contributed by atoms with van der Waals surface area (Å²) in [6, 6.07) is 25.6. The number of amidine groups is 1. The molecule has 2 aliphatic rings. The van der Waals surface area contributed by atoms with E-state index in [2.05, 4.69) is 5.32 Å². The van der Waals surface area contributed by atoms with Crippen molar-refractivity contribution >= 4 is 11.7 Å². The fourth-order valence-corrected chi connectivity index (χ4v) is 4.94. The molecule has 2 atom stereocenters. The molecule has 35 heavy (non-hydrogen) atoms. The quantitative estimate of drug-likeness (QED) is 0.280. The van der Waals surface area contributed by atoms with Crippen molar-refractivity contribution in [2.24, 2.45) is 5.73 Å². The van der Waals surface area contributed by atoms with Crippen molar-refractivity contribution in [3.05, 3.63) is 130 Å². The van der Waals surface area contributed by atoms with Crippen LogP contribution < -0.4 is 11.1 Å². The van der Waals surface area contributed by atoms with E-state index >= 15 is 0 Å². The van der Waals surface area contributed by atoms with E-state index in [1.165, 1.54) is 6.07 Å². The molecule has 2 bridgehead atoms. The summed E-state index contributed by atoms with van der Waals surface area (Å²) in [6.07, 6.45) is -0.444. The molecule has 172 valence electrons. The summed E-state index contributed by atoms with van der Waals surface area (Å²) in [4.78, 5) is 12.9. The Morgan fingerprint density at radius 3 is 2.26 bits per heavy atom. The molecule has 2 heterocycles. The van der Waals surface area contributed by atoms with Crippen LogP contribution in [-0.4, -0.2) is 11.7 Å². The van der Waals surface area contributed by atoms with Gasteiger partial charge in [0.1, 0.15) is 23.9 Å². The van der Waals surface area contributed by atoms with E-state index in [-0.39, 0.29) is 29.8 Å². The summed E-state index contributed by atoms with van der Waals surface area (Å²) >= 11 is 0. The Balaban J connectivity index is 1.23. The van der Waals surface area contributed by atoms with E-state index in [4.69, 9.17) is 15.9 Å². The van der Waals surface area contributed by atoms with Gasteiger partial charge in [0.25, 0.3) is 5.91 Å². The van der Waals surface area contributed by atoms with E-state index in [1.54, 1.807) is 24.3 Å². The van der Waals surface area contributed by atoms with Crippen LogP contribution in [0.4, 0.5) is 4.39 Å². The predicted octanol–water partition coefficient (Wildman–Crippen LogP) is 5.23. The third kappa shape index (κ3) is 3.59. The van der Waals surface area contributed by atoms with Crippen molar-refractivity contribution in [2.75, 3.05) is 0 Å². The van der Waals surface area contributed by atoms with Crippen LogP contribution >= 0.6 is 0 Å². The summed E-state index contributed by atoms with van der Waals surface area (Å²) in [5.41, 5.74) is 13.1. The Labute approximate surface area is 201 Å². The van der Waals surface area contributed by atoms with Crippen molar-refractivity contribution in [3.63, 3.8) is 0 Å². The third-order valence-electron chi connectivity index (χ3n) is 6.74. The molecule has 2 unspecified atom stereocenters. The average molecular weight is 464 g/mol. The molecular formula is C29H22FN3O2. The Kier molecular flexibility index (Phi) is 4.97. The maximum Gasteiger partial charge on any atom is 0.251 e. The number of carbonyl (C=O) groups excluding carboxylic acids is 1. The monoisotopic (exact) mass is 463 g/mol. The van der Waals surface area contributed by atoms with Gasteiger partial charge < -0.3 is 15.8 Å². The van der Waals surface area contributed by atoms with Gasteiger partial charge in [-0.05, 0) is 57.6 Å². The lowest BCUT2D eigenvalue weighted by Crippen LogP contribution is -2.23. The van der Waals surface area contributed by atoms with Crippen LogP contribution in [0.15, 0.2) is 84.9 Å². The van der Waals surface area contributed by atoms with Crippen molar-refractivity contribution in [2.45, 2.75) is 18.8 Å². The number of hydrogen-bond acceptors (Lipinski definition) is 3. The largest absolute Gasteiger partial charge is 0.384 e. The number of amides is 1. The minimum absolute atomic E-state index is 0.0119. The summed E-state index contributed by atoms with van der Waals surface area (Å²) in [5, 5.41) is 10.4. The van der Waals surface area contributed by atoms with Gasteiger partial charge in [-0.25, -0.2) is 4.39 Å². The van der Waals surface area contributed by atoms with Gasteiger partial charge in [-0.2, -0.15) is 0 Å². The molecule has 4 N–H and O–H groups in total. The maximum atomic E-state index is 14.4. The standard InChI is InChI=1S/C29H22FN3O2/c30-25-4-2-1-3-20(25)18-9-11-21-23(13-18)27-24-14-19(10-12-22(24)26(21)35-27)29(34)33-15-16-5-7-17(8-6-16)28(31)32/h1-14,26-27H,15H2,(H3,31,32)(H,33,34). The van der Waals surface area contributed by atoms with Gasteiger partial charge in [-0.3, -0.25) is 10.2 Å². The van der Waals surface area contributed by atoms with Crippen molar-refractivity contribution in [3.8, 4) is 11.1 Å². The van der Waals surface area contributed by atoms with Crippen LogP contribution in [0.2, 0.25) is 0 Å². The molecule has 4 aromatic rings. The van der Waals surface area contributed by atoms with Crippen molar-refractivity contribution in [1.82, 2.24) is 5.32 Å². The third-order valence-corrected chi connectivity index (χ3v) is 6.74. The highest BCUT2D eigenvalue weighted by atomic mass is 19.1. The molecule has 4 aromatic carbocycles. The Bertz CT molecular complexity index is 1500. The van der Waals surface area contributed by atoms with Crippen LogP contribution in [0.1, 0.15) is 55.9 Å².